The fraction of sp³-hybridized carbons (Fsp3) is 0.556. The van der Waals surface area contributed by atoms with Crippen LogP contribution in [0.1, 0.15) is 16.1 Å². The number of carbonyl (C=O) groups is 1. The van der Waals surface area contributed by atoms with Gasteiger partial charge in [0.25, 0.3) is 5.91 Å². The van der Waals surface area contributed by atoms with Gasteiger partial charge in [0.15, 0.2) is 0 Å². The van der Waals surface area contributed by atoms with Crippen molar-refractivity contribution in [3.05, 3.63) is 17.5 Å². The van der Waals surface area contributed by atoms with Gasteiger partial charge < -0.3 is 4.74 Å². The normalized spacial score (nSPS) is 10.3. The van der Waals surface area contributed by atoms with Crippen molar-refractivity contribution in [1.29, 1.82) is 0 Å². The van der Waals surface area contributed by atoms with Gasteiger partial charge in [-0.3, -0.25) is 14.3 Å². The van der Waals surface area contributed by atoms with Crippen molar-refractivity contribution in [1.82, 2.24) is 15.3 Å². The van der Waals surface area contributed by atoms with Gasteiger partial charge in [-0.2, -0.15) is 5.10 Å². The molecule has 1 aromatic rings. The molecule has 0 radical (unpaired) electrons. The Bertz CT molecular complexity index is 335. The molecule has 0 aliphatic rings. The first-order chi connectivity index (χ1) is 7.15. The smallest absolute Gasteiger partial charge is 0.278 e. The Kier molecular flexibility index (Phi) is 4.26. The van der Waals surface area contributed by atoms with E-state index in [1.165, 1.54) is 0 Å². The number of nitrogens with one attached hydrogen (secondary N) is 1. The zero-order valence-electron chi connectivity index (χ0n) is 9.11. The second-order valence-corrected chi connectivity index (χ2v) is 3.07. The van der Waals surface area contributed by atoms with Crippen LogP contribution in [0.2, 0.25) is 0 Å². The van der Waals surface area contributed by atoms with Gasteiger partial charge in [-0.05, 0) is 6.92 Å². The summed E-state index contributed by atoms with van der Waals surface area (Å²) in [7, 11) is 3.33. The molecule has 0 unspecified atom stereocenters. The SMILES string of the molecule is COCCONC(=O)c1cn(C)nc1C. The fourth-order valence-corrected chi connectivity index (χ4v) is 1.12. The first kappa shape index (κ1) is 11.7. The summed E-state index contributed by atoms with van der Waals surface area (Å²) in [5, 5.41) is 4.05. The molecule has 6 nitrogen and oxygen atoms in total. The molecule has 1 heterocycles. The van der Waals surface area contributed by atoms with Gasteiger partial charge >= 0.3 is 0 Å². The van der Waals surface area contributed by atoms with Gasteiger partial charge in [0.1, 0.15) is 0 Å². The van der Waals surface area contributed by atoms with Crippen LogP contribution >= 0.6 is 0 Å². The molecule has 15 heavy (non-hydrogen) atoms. The van der Waals surface area contributed by atoms with E-state index in [2.05, 4.69) is 10.6 Å². The molecule has 0 saturated carbocycles. The fourth-order valence-electron chi connectivity index (χ4n) is 1.12. The number of carbonyl (C=O) groups excluding carboxylic acids is 1. The maximum atomic E-state index is 11.5. The lowest BCUT2D eigenvalue weighted by molar-refractivity contribution is 0.00884. The molecule has 1 rings (SSSR count). The van der Waals surface area contributed by atoms with Crippen molar-refractivity contribution in [2.75, 3.05) is 20.3 Å². The van der Waals surface area contributed by atoms with Crippen molar-refractivity contribution in [3.8, 4) is 0 Å². The van der Waals surface area contributed by atoms with Gasteiger partial charge in [-0.1, -0.05) is 0 Å². The van der Waals surface area contributed by atoms with E-state index in [0.29, 0.717) is 24.5 Å². The Morgan fingerprint density at radius 1 is 1.60 bits per heavy atom. The van der Waals surface area contributed by atoms with Crippen LogP contribution < -0.4 is 5.48 Å². The summed E-state index contributed by atoms with van der Waals surface area (Å²) in [5.41, 5.74) is 3.50. The first-order valence-corrected chi connectivity index (χ1v) is 4.56. The summed E-state index contributed by atoms with van der Waals surface area (Å²) in [5.74, 6) is -0.295. The standard InChI is InChI=1S/C9H15N3O3/c1-7-8(6-12(2)10-7)9(13)11-15-5-4-14-3/h6H,4-5H2,1-3H3,(H,11,13). The highest BCUT2D eigenvalue weighted by molar-refractivity contribution is 5.94. The van der Waals surface area contributed by atoms with Crippen LogP contribution in [0, 0.1) is 6.92 Å². The summed E-state index contributed by atoms with van der Waals surface area (Å²) < 4.78 is 6.35. The molecule has 1 amide bonds. The van der Waals surface area contributed by atoms with E-state index in [1.54, 1.807) is 32.0 Å². The summed E-state index contributed by atoms with van der Waals surface area (Å²) in [6.45, 7) is 2.53. The lowest BCUT2D eigenvalue weighted by Crippen LogP contribution is -2.25. The van der Waals surface area contributed by atoms with Crippen LogP contribution in [0.4, 0.5) is 0 Å². The third kappa shape index (κ3) is 3.34. The molecule has 0 spiro atoms. The van der Waals surface area contributed by atoms with Crippen LogP contribution in [0.5, 0.6) is 0 Å². The third-order valence-corrected chi connectivity index (χ3v) is 1.81. The molecule has 0 atom stereocenters. The molecule has 0 aromatic carbocycles. The van der Waals surface area contributed by atoms with Crippen LogP contribution in [0.15, 0.2) is 6.20 Å². The summed E-state index contributed by atoms with van der Waals surface area (Å²) in [6.07, 6.45) is 1.64. The molecule has 1 aromatic heterocycles. The van der Waals surface area contributed by atoms with Crippen LogP contribution in [-0.2, 0) is 16.6 Å². The number of hydroxylamine groups is 1. The van der Waals surface area contributed by atoms with Crippen molar-refractivity contribution in [2.24, 2.45) is 7.05 Å². The number of ether oxygens (including phenoxy) is 1. The number of hydrogen-bond acceptors (Lipinski definition) is 4. The lowest BCUT2D eigenvalue weighted by Gasteiger charge is -2.03. The van der Waals surface area contributed by atoms with E-state index in [0.717, 1.165) is 0 Å². The van der Waals surface area contributed by atoms with E-state index in [9.17, 15) is 4.79 Å². The molecule has 1 N–H and O–H groups in total. The lowest BCUT2D eigenvalue weighted by atomic mass is 10.2. The molecular formula is C9H15N3O3. The van der Waals surface area contributed by atoms with Crippen molar-refractivity contribution < 1.29 is 14.4 Å². The van der Waals surface area contributed by atoms with Crippen LogP contribution in [0.25, 0.3) is 0 Å². The summed E-state index contributed by atoms with van der Waals surface area (Å²) in [4.78, 5) is 16.4. The summed E-state index contributed by atoms with van der Waals surface area (Å²) >= 11 is 0. The Hall–Kier alpha value is -1.40. The minimum atomic E-state index is -0.295. The Morgan fingerprint density at radius 2 is 2.33 bits per heavy atom. The largest absolute Gasteiger partial charge is 0.382 e. The molecule has 0 aliphatic heterocycles. The highest BCUT2D eigenvalue weighted by Gasteiger charge is 2.11. The minimum Gasteiger partial charge on any atom is -0.382 e. The van der Waals surface area contributed by atoms with Crippen molar-refractivity contribution >= 4 is 5.91 Å². The number of amides is 1. The van der Waals surface area contributed by atoms with E-state index in [-0.39, 0.29) is 5.91 Å². The first-order valence-electron chi connectivity index (χ1n) is 4.56. The maximum Gasteiger partial charge on any atom is 0.278 e. The molecule has 84 valence electrons. The molecule has 0 fully saturated rings. The van der Waals surface area contributed by atoms with Crippen molar-refractivity contribution in [3.63, 3.8) is 0 Å². The predicted octanol–water partition coefficient (Wildman–Crippen LogP) is 0.0363. The Labute approximate surface area is 88.1 Å². The number of nitrogens with zero attached hydrogens (tertiary/aromatic N) is 2. The zero-order chi connectivity index (χ0) is 11.3. The van der Waals surface area contributed by atoms with E-state index >= 15 is 0 Å². The average Bonchev–Trinajstić information content (AvgIpc) is 2.52. The molecule has 0 aliphatic carbocycles. The predicted molar refractivity (Wildman–Crippen MR) is 53.2 cm³/mol. The number of aromatic nitrogens is 2. The summed E-state index contributed by atoms with van der Waals surface area (Å²) in [6, 6.07) is 0. The molecular weight excluding hydrogens is 198 g/mol. The topological polar surface area (TPSA) is 65.4 Å². The van der Waals surface area contributed by atoms with Crippen molar-refractivity contribution in [2.45, 2.75) is 6.92 Å². The van der Waals surface area contributed by atoms with Gasteiger partial charge in [-0.25, -0.2) is 5.48 Å². The molecule has 0 bridgehead atoms. The highest BCUT2D eigenvalue weighted by Crippen LogP contribution is 2.03. The molecule has 6 heteroatoms. The van der Waals surface area contributed by atoms with Gasteiger partial charge in [0.05, 0.1) is 24.5 Å². The maximum absolute atomic E-state index is 11.5. The van der Waals surface area contributed by atoms with E-state index < -0.39 is 0 Å². The quantitative estimate of drug-likeness (QED) is 0.554. The second-order valence-electron chi connectivity index (χ2n) is 3.07. The van der Waals surface area contributed by atoms with E-state index in [1.807, 2.05) is 0 Å². The van der Waals surface area contributed by atoms with Gasteiger partial charge in [-0.15, -0.1) is 0 Å². The number of aryl methyl sites for hydroxylation is 2. The number of methoxy groups -OCH3 is 1. The van der Waals surface area contributed by atoms with Crippen LogP contribution in [0.3, 0.4) is 0 Å². The van der Waals surface area contributed by atoms with E-state index in [4.69, 9.17) is 9.57 Å². The third-order valence-electron chi connectivity index (χ3n) is 1.81. The Balaban J connectivity index is 2.43. The zero-order valence-corrected chi connectivity index (χ0v) is 9.11. The minimum absolute atomic E-state index is 0.295. The Morgan fingerprint density at radius 3 is 2.87 bits per heavy atom. The molecule has 0 saturated heterocycles. The number of hydrogen-bond donors (Lipinski definition) is 1. The second kappa shape index (κ2) is 5.47. The van der Waals surface area contributed by atoms with Gasteiger partial charge in [0.2, 0.25) is 0 Å². The highest BCUT2D eigenvalue weighted by atomic mass is 16.7. The van der Waals surface area contributed by atoms with Gasteiger partial charge in [0, 0.05) is 20.4 Å². The average molecular weight is 213 g/mol. The van der Waals surface area contributed by atoms with Crippen LogP contribution in [-0.4, -0.2) is 36.0 Å². The monoisotopic (exact) mass is 213 g/mol. The number of rotatable bonds is 5.